The molecule has 0 saturated heterocycles. The zero-order chi connectivity index (χ0) is 15.4. The SMILES string of the molecule is CCCS(=O)(=O)Nc1cccc(NC(=O)C(C)(C)N)c1. The van der Waals surface area contributed by atoms with Crippen LogP contribution in [0.5, 0.6) is 0 Å². The third-order valence-corrected chi connectivity index (χ3v) is 3.94. The Bertz CT molecular complexity index is 577. The van der Waals surface area contributed by atoms with Crippen LogP contribution < -0.4 is 15.8 Å². The van der Waals surface area contributed by atoms with Crippen molar-refractivity contribution in [2.75, 3.05) is 15.8 Å². The number of nitrogens with two attached hydrogens (primary N) is 1. The van der Waals surface area contributed by atoms with Gasteiger partial charge in [0.2, 0.25) is 15.9 Å². The molecule has 0 radical (unpaired) electrons. The molecule has 0 saturated carbocycles. The van der Waals surface area contributed by atoms with Gasteiger partial charge in [0, 0.05) is 5.69 Å². The summed E-state index contributed by atoms with van der Waals surface area (Å²) in [5.74, 6) is -0.287. The first-order valence-electron chi connectivity index (χ1n) is 6.35. The maximum Gasteiger partial charge on any atom is 0.243 e. The maximum atomic E-state index is 11.8. The van der Waals surface area contributed by atoms with Crippen LogP contribution in [0.4, 0.5) is 11.4 Å². The number of rotatable bonds is 6. The highest BCUT2D eigenvalue weighted by atomic mass is 32.2. The third kappa shape index (κ3) is 5.18. The van der Waals surface area contributed by atoms with E-state index in [4.69, 9.17) is 5.73 Å². The van der Waals surface area contributed by atoms with Gasteiger partial charge in [-0.05, 0) is 38.5 Å². The van der Waals surface area contributed by atoms with Crippen molar-refractivity contribution in [1.82, 2.24) is 0 Å². The van der Waals surface area contributed by atoms with Gasteiger partial charge in [-0.15, -0.1) is 0 Å². The van der Waals surface area contributed by atoms with Gasteiger partial charge in [0.05, 0.1) is 17.0 Å². The van der Waals surface area contributed by atoms with Gasteiger partial charge < -0.3 is 11.1 Å². The number of benzene rings is 1. The lowest BCUT2D eigenvalue weighted by Crippen LogP contribution is -2.45. The highest BCUT2D eigenvalue weighted by Crippen LogP contribution is 2.17. The van der Waals surface area contributed by atoms with Crippen LogP contribution in [0.2, 0.25) is 0 Å². The molecule has 6 nitrogen and oxygen atoms in total. The third-order valence-electron chi connectivity index (χ3n) is 2.45. The molecule has 0 aliphatic heterocycles. The summed E-state index contributed by atoms with van der Waals surface area (Å²) in [5, 5.41) is 2.64. The van der Waals surface area contributed by atoms with E-state index < -0.39 is 15.6 Å². The lowest BCUT2D eigenvalue weighted by atomic mass is 10.1. The zero-order valence-electron chi connectivity index (χ0n) is 11.9. The molecule has 20 heavy (non-hydrogen) atoms. The molecular weight excluding hydrogens is 278 g/mol. The predicted octanol–water partition coefficient (Wildman–Crippen LogP) is 1.51. The molecule has 1 amide bonds. The van der Waals surface area contributed by atoms with E-state index in [1.807, 2.05) is 0 Å². The molecular formula is C13H21N3O3S. The smallest absolute Gasteiger partial charge is 0.243 e. The highest BCUT2D eigenvalue weighted by Gasteiger charge is 2.21. The topological polar surface area (TPSA) is 101 Å². The zero-order valence-corrected chi connectivity index (χ0v) is 12.8. The molecule has 4 N–H and O–H groups in total. The Morgan fingerprint density at radius 3 is 2.45 bits per heavy atom. The van der Waals surface area contributed by atoms with Crippen LogP contribution >= 0.6 is 0 Å². The fourth-order valence-corrected chi connectivity index (χ4v) is 2.58. The first-order chi connectivity index (χ1) is 9.14. The molecule has 0 spiro atoms. The number of hydrogen-bond donors (Lipinski definition) is 3. The van der Waals surface area contributed by atoms with E-state index in [0.29, 0.717) is 17.8 Å². The number of hydrogen-bond acceptors (Lipinski definition) is 4. The van der Waals surface area contributed by atoms with Crippen LogP contribution in [0.1, 0.15) is 27.2 Å². The molecule has 0 bridgehead atoms. The van der Waals surface area contributed by atoms with Crippen LogP contribution in [-0.4, -0.2) is 25.6 Å². The van der Waals surface area contributed by atoms with Crippen LogP contribution in [0.25, 0.3) is 0 Å². The minimum atomic E-state index is -3.35. The van der Waals surface area contributed by atoms with Crippen molar-refractivity contribution in [2.45, 2.75) is 32.7 Å². The average molecular weight is 299 g/mol. The van der Waals surface area contributed by atoms with Crippen molar-refractivity contribution >= 4 is 27.3 Å². The Hall–Kier alpha value is -1.60. The van der Waals surface area contributed by atoms with E-state index >= 15 is 0 Å². The molecule has 0 fully saturated rings. The minimum absolute atomic E-state index is 0.0550. The normalized spacial score (nSPS) is 12.0. The monoisotopic (exact) mass is 299 g/mol. The number of nitrogens with one attached hydrogen (secondary N) is 2. The summed E-state index contributed by atoms with van der Waals surface area (Å²) in [6.07, 6.45) is 0.535. The minimum Gasteiger partial charge on any atom is -0.324 e. The summed E-state index contributed by atoms with van der Waals surface area (Å²) < 4.78 is 25.8. The summed E-state index contributed by atoms with van der Waals surface area (Å²) in [7, 11) is -3.35. The van der Waals surface area contributed by atoms with Gasteiger partial charge in [-0.1, -0.05) is 13.0 Å². The Morgan fingerprint density at radius 1 is 1.30 bits per heavy atom. The van der Waals surface area contributed by atoms with Crippen molar-refractivity contribution in [3.05, 3.63) is 24.3 Å². The summed E-state index contributed by atoms with van der Waals surface area (Å²) in [6.45, 7) is 4.98. The second-order valence-corrected chi connectivity index (χ2v) is 7.02. The Morgan fingerprint density at radius 2 is 1.90 bits per heavy atom. The van der Waals surface area contributed by atoms with Gasteiger partial charge in [0.1, 0.15) is 0 Å². The van der Waals surface area contributed by atoms with Crippen molar-refractivity contribution in [3.63, 3.8) is 0 Å². The van der Waals surface area contributed by atoms with E-state index in [0.717, 1.165) is 0 Å². The van der Waals surface area contributed by atoms with E-state index in [1.165, 1.54) is 0 Å². The van der Waals surface area contributed by atoms with Crippen LogP contribution in [-0.2, 0) is 14.8 Å². The summed E-state index contributed by atoms with van der Waals surface area (Å²) in [5.41, 5.74) is 5.58. The van der Waals surface area contributed by atoms with Gasteiger partial charge in [0.15, 0.2) is 0 Å². The molecule has 0 aromatic heterocycles. The number of carbonyl (C=O) groups is 1. The standard InChI is InChI=1S/C13H21N3O3S/c1-4-8-20(18,19)16-11-7-5-6-10(9-11)15-12(17)13(2,3)14/h5-7,9,16H,4,8,14H2,1-3H3,(H,15,17). The van der Waals surface area contributed by atoms with Gasteiger partial charge >= 0.3 is 0 Å². The van der Waals surface area contributed by atoms with Gasteiger partial charge in [-0.2, -0.15) is 0 Å². The second kappa shape index (κ2) is 6.23. The molecule has 7 heteroatoms. The van der Waals surface area contributed by atoms with E-state index in [2.05, 4.69) is 10.0 Å². The molecule has 0 atom stereocenters. The van der Waals surface area contributed by atoms with Crippen LogP contribution in [0.15, 0.2) is 24.3 Å². The molecule has 1 rings (SSSR count). The molecule has 1 aromatic rings. The Labute approximate surface area is 119 Å². The lowest BCUT2D eigenvalue weighted by molar-refractivity contribution is -0.120. The Kier molecular flexibility index (Phi) is 5.13. The number of carbonyl (C=O) groups excluding carboxylic acids is 1. The maximum absolute atomic E-state index is 11.8. The highest BCUT2D eigenvalue weighted by molar-refractivity contribution is 7.92. The van der Waals surface area contributed by atoms with Crippen molar-refractivity contribution in [2.24, 2.45) is 5.73 Å². The quantitative estimate of drug-likeness (QED) is 0.741. The summed E-state index contributed by atoms with van der Waals surface area (Å²) in [6, 6.07) is 6.50. The fraction of sp³-hybridized carbons (Fsp3) is 0.462. The lowest BCUT2D eigenvalue weighted by Gasteiger charge is -2.18. The van der Waals surface area contributed by atoms with Crippen molar-refractivity contribution in [3.8, 4) is 0 Å². The van der Waals surface area contributed by atoms with Crippen molar-refractivity contribution < 1.29 is 13.2 Å². The Balaban J connectivity index is 2.84. The fourth-order valence-electron chi connectivity index (χ4n) is 1.45. The summed E-state index contributed by atoms with van der Waals surface area (Å²) in [4.78, 5) is 11.8. The van der Waals surface area contributed by atoms with Gasteiger partial charge in [-0.3, -0.25) is 9.52 Å². The molecule has 0 aliphatic carbocycles. The van der Waals surface area contributed by atoms with Gasteiger partial charge in [0.25, 0.3) is 0 Å². The van der Waals surface area contributed by atoms with Gasteiger partial charge in [-0.25, -0.2) is 8.42 Å². The van der Waals surface area contributed by atoms with E-state index in [1.54, 1.807) is 45.0 Å². The molecule has 0 aliphatic rings. The number of anilines is 2. The molecule has 112 valence electrons. The molecule has 1 aromatic carbocycles. The first-order valence-corrected chi connectivity index (χ1v) is 8.00. The van der Waals surface area contributed by atoms with E-state index in [9.17, 15) is 13.2 Å². The van der Waals surface area contributed by atoms with E-state index in [-0.39, 0.29) is 11.7 Å². The average Bonchev–Trinajstić information content (AvgIpc) is 2.27. The second-order valence-electron chi connectivity index (χ2n) is 5.18. The molecule has 0 unspecified atom stereocenters. The van der Waals surface area contributed by atoms with Crippen LogP contribution in [0.3, 0.4) is 0 Å². The largest absolute Gasteiger partial charge is 0.324 e. The number of amides is 1. The first kappa shape index (κ1) is 16.5. The predicted molar refractivity (Wildman–Crippen MR) is 81.0 cm³/mol. The van der Waals surface area contributed by atoms with Crippen molar-refractivity contribution in [1.29, 1.82) is 0 Å². The molecule has 0 heterocycles. The van der Waals surface area contributed by atoms with Crippen LogP contribution in [0, 0.1) is 0 Å². The number of sulfonamides is 1. The summed E-state index contributed by atoms with van der Waals surface area (Å²) >= 11 is 0.